The molecule has 0 radical (unpaired) electrons. The molecular formula is C19H17ClN2O3S. The third-order valence-electron chi connectivity index (χ3n) is 3.91. The van der Waals surface area contributed by atoms with Gasteiger partial charge in [-0.15, -0.1) is 0 Å². The monoisotopic (exact) mass is 388 g/mol. The molecule has 1 saturated heterocycles. The lowest BCUT2D eigenvalue weighted by Gasteiger charge is -2.24. The molecule has 0 saturated carbocycles. The van der Waals surface area contributed by atoms with Crippen LogP contribution in [0.2, 0.25) is 5.02 Å². The Balaban J connectivity index is 1.73. The highest BCUT2D eigenvalue weighted by molar-refractivity contribution is 8.18. The number of imide groups is 1. The van der Waals surface area contributed by atoms with Crippen molar-refractivity contribution < 1.29 is 14.3 Å². The van der Waals surface area contributed by atoms with Crippen molar-refractivity contribution in [3.05, 3.63) is 64.0 Å². The van der Waals surface area contributed by atoms with Crippen LogP contribution in [0.3, 0.4) is 0 Å². The zero-order valence-corrected chi connectivity index (χ0v) is 15.9. The van der Waals surface area contributed by atoms with Crippen molar-refractivity contribution in [2.24, 2.45) is 0 Å². The Kier molecular flexibility index (Phi) is 5.54. The summed E-state index contributed by atoms with van der Waals surface area (Å²) in [6.07, 6.45) is 1.70. The third-order valence-corrected chi connectivity index (χ3v) is 5.07. The molecular weight excluding hydrogens is 372 g/mol. The molecule has 0 aliphatic carbocycles. The van der Waals surface area contributed by atoms with Crippen LogP contribution in [0.25, 0.3) is 6.08 Å². The van der Waals surface area contributed by atoms with Gasteiger partial charge in [0, 0.05) is 17.8 Å². The van der Waals surface area contributed by atoms with E-state index in [9.17, 15) is 9.59 Å². The van der Waals surface area contributed by atoms with Crippen molar-refractivity contribution in [1.82, 2.24) is 4.90 Å². The van der Waals surface area contributed by atoms with Crippen molar-refractivity contribution in [1.29, 1.82) is 0 Å². The fourth-order valence-electron chi connectivity index (χ4n) is 2.46. The lowest BCUT2D eigenvalue weighted by atomic mass is 10.2. The maximum absolute atomic E-state index is 12.6. The Bertz CT molecular complexity index is 850. The smallest absolute Gasteiger partial charge is 0.295 e. The zero-order valence-electron chi connectivity index (χ0n) is 14.3. The Labute approximate surface area is 161 Å². The minimum absolute atomic E-state index is 0.176. The number of thioether (sulfide) groups is 1. The van der Waals surface area contributed by atoms with Gasteiger partial charge < -0.3 is 9.64 Å². The lowest BCUT2D eigenvalue weighted by Crippen LogP contribution is -2.38. The minimum atomic E-state index is -0.296. The summed E-state index contributed by atoms with van der Waals surface area (Å²) >= 11 is 6.81. The molecule has 26 heavy (non-hydrogen) atoms. The molecule has 1 aliphatic heterocycles. The van der Waals surface area contributed by atoms with Crippen molar-refractivity contribution in [3.63, 3.8) is 0 Å². The highest BCUT2D eigenvalue weighted by Gasteiger charge is 2.35. The van der Waals surface area contributed by atoms with E-state index in [4.69, 9.17) is 16.3 Å². The highest BCUT2D eigenvalue weighted by Crippen LogP contribution is 2.33. The second-order valence-electron chi connectivity index (χ2n) is 5.70. The SMILES string of the molecule is COc1ccc(N(C)CN2C(=O)SC(=Cc3ccc(Cl)cc3)C2=O)cc1. The van der Waals surface area contributed by atoms with Gasteiger partial charge in [-0.25, -0.2) is 4.90 Å². The molecule has 3 rings (SSSR count). The number of carbonyl (C=O) groups is 2. The molecule has 7 heteroatoms. The number of hydrogen-bond donors (Lipinski definition) is 0. The van der Waals surface area contributed by atoms with E-state index in [-0.39, 0.29) is 17.8 Å². The number of rotatable bonds is 5. The molecule has 2 aromatic carbocycles. The van der Waals surface area contributed by atoms with E-state index in [0.717, 1.165) is 28.8 Å². The largest absolute Gasteiger partial charge is 0.497 e. The molecule has 134 valence electrons. The van der Waals surface area contributed by atoms with E-state index >= 15 is 0 Å². The van der Waals surface area contributed by atoms with E-state index in [0.29, 0.717) is 9.93 Å². The molecule has 0 aromatic heterocycles. The van der Waals surface area contributed by atoms with E-state index in [1.54, 1.807) is 37.5 Å². The summed E-state index contributed by atoms with van der Waals surface area (Å²) < 4.78 is 5.14. The topological polar surface area (TPSA) is 49.9 Å². The van der Waals surface area contributed by atoms with Gasteiger partial charge in [-0.3, -0.25) is 9.59 Å². The first-order valence-corrected chi connectivity index (χ1v) is 9.03. The fourth-order valence-corrected chi connectivity index (χ4v) is 3.42. The number of halogens is 1. The number of anilines is 1. The first-order chi connectivity index (χ1) is 12.5. The second-order valence-corrected chi connectivity index (χ2v) is 7.13. The van der Waals surface area contributed by atoms with Crippen molar-refractivity contribution in [3.8, 4) is 5.75 Å². The van der Waals surface area contributed by atoms with Gasteiger partial charge in [0.15, 0.2) is 0 Å². The summed E-state index contributed by atoms with van der Waals surface area (Å²) in [6.45, 7) is 0.176. The predicted molar refractivity (Wildman–Crippen MR) is 106 cm³/mol. The summed E-state index contributed by atoms with van der Waals surface area (Å²) in [5.41, 5.74) is 1.70. The summed E-state index contributed by atoms with van der Waals surface area (Å²) in [5.74, 6) is 0.453. The summed E-state index contributed by atoms with van der Waals surface area (Å²) in [5, 5.41) is 0.340. The van der Waals surface area contributed by atoms with Gasteiger partial charge >= 0.3 is 0 Å². The van der Waals surface area contributed by atoms with Gasteiger partial charge in [0.25, 0.3) is 11.1 Å². The van der Waals surface area contributed by atoms with Crippen LogP contribution in [0.15, 0.2) is 53.4 Å². The maximum Gasteiger partial charge on any atom is 0.295 e. The Morgan fingerprint density at radius 2 is 1.77 bits per heavy atom. The van der Waals surface area contributed by atoms with Crippen LogP contribution >= 0.6 is 23.4 Å². The molecule has 0 bridgehead atoms. The first-order valence-electron chi connectivity index (χ1n) is 7.84. The number of benzene rings is 2. The van der Waals surface area contributed by atoms with Crippen molar-refractivity contribution >= 4 is 46.3 Å². The van der Waals surface area contributed by atoms with Gasteiger partial charge in [0.2, 0.25) is 0 Å². The van der Waals surface area contributed by atoms with Crippen LogP contribution in [0.1, 0.15) is 5.56 Å². The van der Waals surface area contributed by atoms with Gasteiger partial charge in [-0.1, -0.05) is 23.7 Å². The van der Waals surface area contributed by atoms with Gasteiger partial charge in [0.05, 0.1) is 12.0 Å². The van der Waals surface area contributed by atoms with Crippen LogP contribution in [0.5, 0.6) is 5.75 Å². The quantitative estimate of drug-likeness (QED) is 0.707. The average molecular weight is 389 g/mol. The Morgan fingerprint density at radius 3 is 2.38 bits per heavy atom. The van der Waals surface area contributed by atoms with E-state index in [1.165, 1.54) is 4.90 Å². The Morgan fingerprint density at radius 1 is 1.12 bits per heavy atom. The molecule has 2 aromatic rings. The molecule has 1 heterocycles. The number of carbonyl (C=O) groups excluding carboxylic acids is 2. The summed E-state index contributed by atoms with van der Waals surface area (Å²) in [6, 6.07) is 14.5. The molecule has 5 nitrogen and oxygen atoms in total. The normalized spacial score (nSPS) is 15.7. The molecule has 2 amide bonds. The zero-order chi connectivity index (χ0) is 18.7. The van der Waals surface area contributed by atoms with Gasteiger partial charge in [0.1, 0.15) is 12.4 Å². The fraction of sp³-hybridized carbons (Fsp3) is 0.158. The third kappa shape index (κ3) is 4.03. The minimum Gasteiger partial charge on any atom is -0.497 e. The molecule has 1 aliphatic rings. The van der Waals surface area contributed by atoms with Crippen molar-refractivity contribution in [2.75, 3.05) is 25.7 Å². The second kappa shape index (κ2) is 7.85. The molecule has 0 spiro atoms. The number of ether oxygens (including phenoxy) is 1. The number of amides is 2. The van der Waals surface area contributed by atoms with Gasteiger partial charge in [-0.05, 0) is 59.8 Å². The van der Waals surface area contributed by atoms with E-state index < -0.39 is 0 Å². The average Bonchev–Trinajstić information content (AvgIpc) is 2.91. The maximum atomic E-state index is 12.6. The van der Waals surface area contributed by atoms with Crippen LogP contribution in [0.4, 0.5) is 10.5 Å². The highest BCUT2D eigenvalue weighted by atomic mass is 35.5. The van der Waals surface area contributed by atoms with Crippen LogP contribution in [-0.2, 0) is 4.79 Å². The molecule has 0 N–H and O–H groups in total. The molecule has 0 unspecified atom stereocenters. The number of nitrogens with zero attached hydrogens (tertiary/aromatic N) is 2. The summed E-state index contributed by atoms with van der Waals surface area (Å²) in [7, 11) is 3.43. The number of hydrogen-bond acceptors (Lipinski definition) is 5. The number of methoxy groups -OCH3 is 1. The molecule has 0 atom stereocenters. The summed E-state index contributed by atoms with van der Waals surface area (Å²) in [4.78, 5) is 28.3. The van der Waals surface area contributed by atoms with Crippen LogP contribution in [0, 0.1) is 0 Å². The standard InChI is InChI=1S/C19H17ClN2O3S/c1-21(15-7-9-16(25-2)10-8-15)12-22-18(23)17(26-19(22)24)11-13-3-5-14(20)6-4-13/h3-11H,12H2,1-2H3. The van der Waals surface area contributed by atoms with Gasteiger partial charge in [-0.2, -0.15) is 0 Å². The Hall–Kier alpha value is -2.44. The van der Waals surface area contributed by atoms with Crippen LogP contribution < -0.4 is 9.64 Å². The van der Waals surface area contributed by atoms with E-state index in [1.807, 2.05) is 36.2 Å². The lowest BCUT2D eigenvalue weighted by molar-refractivity contribution is -0.122. The first kappa shape index (κ1) is 18.4. The van der Waals surface area contributed by atoms with Crippen molar-refractivity contribution in [2.45, 2.75) is 0 Å². The molecule has 1 fully saturated rings. The van der Waals surface area contributed by atoms with E-state index in [2.05, 4.69) is 0 Å². The van der Waals surface area contributed by atoms with Crippen LogP contribution in [-0.4, -0.2) is 36.9 Å². The predicted octanol–water partition coefficient (Wildman–Crippen LogP) is 4.48.